The number of carbonyl (C=O) groups is 1. The van der Waals surface area contributed by atoms with E-state index in [9.17, 15) is 4.79 Å². The van der Waals surface area contributed by atoms with E-state index in [4.69, 9.17) is 27.9 Å². The highest BCUT2D eigenvalue weighted by molar-refractivity contribution is 8.18. The summed E-state index contributed by atoms with van der Waals surface area (Å²) in [5, 5.41) is 1.52. The SMILES string of the molecule is CN1C(=O)/C(=C/c2cccc(OCc3ccc(Cl)cc3)c2)SC1=Nc1cccnc1Cl. The Labute approximate surface area is 194 Å². The molecule has 8 heteroatoms. The molecule has 0 aliphatic carbocycles. The van der Waals surface area contributed by atoms with Gasteiger partial charge in [0, 0.05) is 18.3 Å². The summed E-state index contributed by atoms with van der Waals surface area (Å²) in [6, 6.07) is 18.6. The maximum absolute atomic E-state index is 12.7. The van der Waals surface area contributed by atoms with Gasteiger partial charge >= 0.3 is 0 Å². The molecule has 0 saturated carbocycles. The lowest BCUT2D eigenvalue weighted by Crippen LogP contribution is -2.23. The molecule has 4 rings (SSSR count). The van der Waals surface area contributed by atoms with Crippen molar-refractivity contribution in [3.63, 3.8) is 0 Å². The van der Waals surface area contributed by atoms with Crippen molar-refractivity contribution in [2.45, 2.75) is 6.61 Å². The number of hydrogen-bond acceptors (Lipinski definition) is 5. The van der Waals surface area contributed by atoms with Crippen molar-refractivity contribution in [1.82, 2.24) is 9.88 Å². The van der Waals surface area contributed by atoms with Crippen LogP contribution >= 0.6 is 35.0 Å². The summed E-state index contributed by atoms with van der Waals surface area (Å²) in [6.45, 7) is 0.427. The minimum Gasteiger partial charge on any atom is -0.489 e. The number of nitrogens with zero attached hydrogens (tertiary/aromatic N) is 3. The fourth-order valence-corrected chi connectivity index (χ4v) is 4.08. The molecule has 0 N–H and O–H groups in total. The number of rotatable bonds is 5. The van der Waals surface area contributed by atoms with E-state index in [1.807, 2.05) is 54.6 Å². The first-order valence-corrected chi connectivity index (χ1v) is 10.9. The topological polar surface area (TPSA) is 54.8 Å². The van der Waals surface area contributed by atoms with E-state index in [1.54, 1.807) is 25.4 Å². The lowest BCUT2D eigenvalue weighted by atomic mass is 10.2. The Balaban J connectivity index is 1.50. The molecule has 0 bridgehead atoms. The number of likely N-dealkylation sites (N-methyl/N-ethyl adjacent to an activating group) is 1. The Morgan fingerprint density at radius 3 is 2.71 bits per heavy atom. The number of ether oxygens (including phenoxy) is 1. The third-order valence-corrected chi connectivity index (χ3v) is 6.04. The van der Waals surface area contributed by atoms with Gasteiger partial charge in [-0.2, -0.15) is 0 Å². The highest BCUT2D eigenvalue weighted by Gasteiger charge is 2.30. The van der Waals surface area contributed by atoms with Crippen molar-refractivity contribution in [2.75, 3.05) is 7.05 Å². The summed E-state index contributed by atoms with van der Waals surface area (Å²) in [7, 11) is 1.69. The molecule has 0 radical (unpaired) electrons. The average Bonchev–Trinajstić information content (AvgIpc) is 3.03. The number of thioether (sulfide) groups is 1. The van der Waals surface area contributed by atoms with Crippen LogP contribution in [0.15, 0.2) is 76.8 Å². The van der Waals surface area contributed by atoms with Gasteiger partial charge in [-0.1, -0.05) is 47.5 Å². The van der Waals surface area contributed by atoms with E-state index < -0.39 is 0 Å². The molecule has 1 aromatic heterocycles. The Bertz CT molecular complexity index is 1180. The van der Waals surface area contributed by atoms with Gasteiger partial charge < -0.3 is 4.74 Å². The van der Waals surface area contributed by atoms with Gasteiger partial charge in [-0.3, -0.25) is 9.69 Å². The third kappa shape index (κ3) is 5.28. The molecule has 3 aromatic rings. The van der Waals surface area contributed by atoms with E-state index in [1.165, 1.54) is 16.7 Å². The number of aliphatic imine (C=N–C) groups is 1. The minimum absolute atomic E-state index is 0.128. The smallest absolute Gasteiger partial charge is 0.266 e. The van der Waals surface area contributed by atoms with Gasteiger partial charge in [-0.05, 0) is 65.4 Å². The van der Waals surface area contributed by atoms with Crippen LogP contribution in [0.2, 0.25) is 10.2 Å². The summed E-state index contributed by atoms with van der Waals surface area (Å²) in [6.07, 6.45) is 3.42. The first kappa shape index (κ1) is 21.4. The van der Waals surface area contributed by atoms with Gasteiger partial charge in [0.2, 0.25) is 0 Å². The van der Waals surface area contributed by atoms with E-state index in [2.05, 4.69) is 9.98 Å². The molecule has 1 aliphatic rings. The second-order valence-electron chi connectivity index (χ2n) is 6.67. The molecule has 1 amide bonds. The molecule has 0 unspecified atom stereocenters. The van der Waals surface area contributed by atoms with Crippen LogP contribution in [-0.4, -0.2) is 28.0 Å². The van der Waals surface area contributed by atoms with Gasteiger partial charge in [0.25, 0.3) is 5.91 Å². The number of amidine groups is 1. The summed E-state index contributed by atoms with van der Waals surface area (Å²) < 4.78 is 5.88. The predicted molar refractivity (Wildman–Crippen MR) is 127 cm³/mol. The Morgan fingerprint density at radius 1 is 1.13 bits per heavy atom. The van der Waals surface area contributed by atoms with Crippen molar-refractivity contribution in [2.24, 2.45) is 4.99 Å². The van der Waals surface area contributed by atoms with Crippen LogP contribution < -0.4 is 4.74 Å². The predicted octanol–water partition coefficient (Wildman–Crippen LogP) is 6.20. The largest absolute Gasteiger partial charge is 0.489 e. The van der Waals surface area contributed by atoms with Crippen molar-refractivity contribution < 1.29 is 9.53 Å². The quantitative estimate of drug-likeness (QED) is 0.329. The lowest BCUT2D eigenvalue weighted by molar-refractivity contribution is -0.121. The van der Waals surface area contributed by atoms with E-state index in [0.717, 1.165) is 11.1 Å². The molecule has 0 atom stereocenters. The second-order valence-corrected chi connectivity index (χ2v) is 8.47. The zero-order valence-corrected chi connectivity index (χ0v) is 18.8. The monoisotopic (exact) mass is 469 g/mol. The molecule has 5 nitrogen and oxygen atoms in total. The molecule has 1 aliphatic heterocycles. The van der Waals surface area contributed by atoms with Crippen LogP contribution in [0.1, 0.15) is 11.1 Å². The van der Waals surface area contributed by atoms with Crippen LogP contribution in [0, 0.1) is 0 Å². The molecule has 2 heterocycles. The molecular weight excluding hydrogens is 453 g/mol. The zero-order chi connectivity index (χ0) is 21.8. The standard InChI is InChI=1S/C23H17Cl2N3O2S/c1-28-22(29)20(31-23(28)27-19-6-3-11-26-21(19)25)13-16-4-2-5-18(12-16)30-14-15-7-9-17(24)10-8-15/h2-13H,14H2,1H3/b20-13-,27-23?. The average molecular weight is 470 g/mol. The number of pyridine rings is 1. The van der Waals surface area contributed by atoms with Crippen molar-refractivity contribution in [3.05, 3.63) is 93.1 Å². The molecule has 2 aromatic carbocycles. The Morgan fingerprint density at radius 2 is 1.94 bits per heavy atom. The van der Waals surface area contributed by atoms with Gasteiger partial charge in [-0.25, -0.2) is 9.98 Å². The summed E-state index contributed by atoms with van der Waals surface area (Å²) >= 11 is 13.3. The van der Waals surface area contributed by atoms with Gasteiger partial charge in [0.05, 0.1) is 4.91 Å². The normalized spacial score (nSPS) is 16.4. The number of aromatic nitrogens is 1. The van der Waals surface area contributed by atoms with Crippen LogP contribution in [0.4, 0.5) is 5.69 Å². The molecule has 31 heavy (non-hydrogen) atoms. The molecule has 1 saturated heterocycles. The van der Waals surface area contributed by atoms with Crippen molar-refractivity contribution >= 4 is 57.8 Å². The zero-order valence-electron chi connectivity index (χ0n) is 16.5. The molecule has 1 fully saturated rings. The van der Waals surface area contributed by atoms with E-state index in [0.29, 0.717) is 38.3 Å². The first-order chi connectivity index (χ1) is 15.0. The minimum atomic E-state index is -0.128. The lowest BCUT2D eigenvalue weighted by Gasteiger charge is -2.08. The Kier molecular flexibility index (Phi) is 6.61. The fraction of sp³-hybridized carbons (Fsp3) is 0.0870. The van der Waals surface area contributed by atoms with Crippen molar-refractivity contribution in [3.8, 4) is 5.75 Å². The first-order valence-electron chi connectivity index (χ1n) is 9.34. The van der Waals surface area contributed by atoms with Crippen LogP contribution in [0.5, 0.6) is 5.75 Å². The molecule has 156 valence electrons. The number of carbonyl (C=O) groups excluding carboxylic acids is 1. The maximum atomic E-state index is 12.7. The van der Waals surface area contributed by atoms with E-state index >= 15 is 0 Å². The maximum Gasteiger partial charge on any atom is 0.266 e. The summed E-state index contributed by atoms with van der Waals surface area (Å²) in [5.41, 5.74) is 2.40. The van der Waals surface area contributed by atoms with Gasteiger partial charge in [0.1, 0.15) is 18.0 Å². The number of benzene rings is 2. The molecular formula is C23H17Cl2N3O2S. The van der Waals surface area contributed by atoms with Gasteiger partial charge in [0.15, 0.2) is 10.3 Å². The highest BCUT2D eigenvalue weighted by atomic mass is 35.5. The van der Waals surface area contributed by atoms with Gasteiger partial charge in [-0.15, -0.1) is 0 Å². The fourth-order valence-electron chi connectivity index (χ4n) is 2.81. The number of hydrogen-bond donors (Lipinski definition) is 0. The highest BCUT2D eigenvalue weighted by Crippen LogP contribution is 2.34. The van der Waals surface area contributed by atoms with Crippen molar-refractivity contribution in [1.29, 1.82) is 0 Å². The second kappa shape index (κ2) is 9.56. The number of halogens is 2. The number of amides is 1. The van der Waals surface area contributed by atoms with Crippen LogP contribution in [-0.2, 0) is 11.4 Å². The van der Waals surface area contributed by atoms with Crippen LogP contribution in [0.3, 0.4) is 0 Å². The summed E-state index contributed by atoms with van der Waals surface area (Å²) in [5.74, 6) is 0.584. The third-order valence-electron chi connectivity index (χ3n) is 4.43. The van der Waals surface area contributed by atoms with Crippen LogP contribution in [0.25, 0.3) is 6.08 Å². The van der Waals surface area contributed by atoms with E-state index in [-0.39, 0.29) is 5.91 Å². The molecule has 0 spiro atoms. The Hall–Kier alpha value is -2.80. The summed E-state index contributed by atoms with van der Waals surface area (Å²) in [4.78, 5) is 23.2.